The summed E-state index contributed by atoms with van der Waals surface area (Å²) >= 11 is 6.14. The molecule has 0 fully saturated rings. The average Bonchev–Trinajstić information content (AvgIpc) is 2.45. The molecular formula is C15H17ClN2O2. The molecule has 1 aromatic carbocycles. The van der Waals surface area contributed by atoms with Crippen molar-refractivity contribution in [2.75, 3.05) is 7.11 Å². The Morgan fingerprint density at radius 2 is 2.05 bits per heavy atom. The van der Waals surface area contributed by atoms with Gasteiger partial charge in [0.05, 0.1) is 17.8 Å². The SMILES string of the molecule is COc1cc(C)nc(COc2ccc(CN)cc2Cl)c1. The Morgan fingerprint density at radius 3 is 2.70 bits per heavy atom. The lowest BCUT2D eigenvalue weighted by Crippen LogP contribution is -2.02. The summed E-state index contributed by atoms with van der Waals surface area (Å²) in [6, 6.07) is 9.23. The van der Waals surface area contributed by atoms with Gasteiger partial charge in [0.1, 0.15) is 18.1 Å². The molecule has 0 amide bonds. The molecule has 0 aliphatic heterocycles. The van der Waals surface area contributed by atoms with E-state index in [2.05, 4.69) is 4.98 Å². The van der Waals surface area contributed by atoms with Gasteiger partial charge in [0, 0.05) is 24.4 Å². The van der Waals surface area contributed by atoms with Crippen molar-refractivity contribution in [3.05, 3.63) is 52.3 Å². The first-order valence-electron chi connectivity index (χ1n) is 6.25. The molecule has 2 aromatic rings. The number of rotatable bonds is 5. The molecule has 2 rings (SSSR count). The van der Waals surface area contributed by atoms with Crippen LogP contribution in [-0.4, -0.2) is 12.1 Å². The molecule has 1 aromatic heterocycles. The lowest BCUT2D eigenvalue weighted by atomic mass is 10.2. The highest BCUT2D eigenvalue weighted by Crippen LogP contribution is 2.26. The van der Waals surface area contributed by atoms with Crippen LogP contribution in [-0.2, 0) is 13.2 Å². The quantitative estimate of drug-likeness (QED) is 0.920. The number of halogens is 1. The minimum Gasteiger partial charge on any atom is -0.497 e. The molecule has 0 radical (unpaired) electrons. The summed E-state index contributed by atoms with van der Waals surface area (Å²) in [7, 11) is 1.63. The standard InChI is InChI=1S/C15H17ClN2O2/c1-10-5-13(19-2)7-12(18-10)9-20-15-4-3-11(8-17)6-14(15)16/h3-7H,8-9,17H2,1-2H3. The van der Waals surface area contributed by atoms with Gasteiger partial charge < -0.3 is 15.2 Å². The number of aryl methyl sites for hydroxylation is 1. The first-order chi connectivity index (χ1) is 9.62. The summed E-state index contributed by atoms with van der Waals surface area (Å²) < 4.78 is 10.9. The third-order valence-electron chi connectivity index (χ3n) is 2.82. The van der Waals surface area contributed by atoms with Gasteiger partial charge in [-0.2, -0.15) is 0 Å². The second kappa shape index (κ2) is 6.59. The zero-order valence-electron chi connectivity index (χ0n) is 11.5. The zero-order chi connectivity index (χ0) is 14.5. The van der Waals surface area contributed by atoms with E-state index < -0.39 is 0 Å². The van der Waals surface area contributed by atoms with Crippen LogP contribution in [0.25, 0.3) is 0 Å². The summed E-state index contributed by atoms with van der Waals surface area (Å²) in [6.07, 6.45) is 0. The Balaban J connectivity index is 2.10. The van der Waals surface area contributed by atoms with Gasteiger partial charge in [0.15, 0.2) is 0 Å². The van der Waals surface area contributed by atoms with Crippen LogP contribution in [0.2, 0.25) is 5.02 Å². The molecule has 4 nitrogen and oxygen atoms in total. The molecule has 0 spiro atoms. The number of hydrogen-bond acceptors (Lipinski definition) is 4. The molecule has 106 valence electrons. The summed E-state index contributed by atoms with van der Waals surface area (Å²) in [4.78, 5) is 4.39. The third-order valence-corrected chi connectivity index (χ3v) is 3.12. The van der Waals surface area contributed by atoms with Gasteiger partial charge in [-0.25, -0.2) is 0 Å². The van der Waals surface area contributed by atoms with Crippen molar-refractivity contribution in [3.8, 4) is 11.5 Å². The van der Waals surface area contributed by atoms with Crippen LogP contribution in [0.1, 0.15) is 17.0 Å². The van der Waals surface area contributed by atoms with Crippen LogP contribution >= 0.6 is 11.6 Å². The number of benzene rings is 1. The van der Waals surface area contributed by atoms with Crippen molar-refractivity contribution in [2.24, 2.45) is 5.73 Å². The smallest absolute Gasteiger partial charge is 0.138 e. The molecule has 2 N–H and O–H groups in total. The number of methoxy groups -OCH3 is 1. The summed E-state index contributed by atoms with van der Waals surface area (Å²) in [6.45, 7) is 2.70. The van der Waals surface area contributed by atoms with E-state index in [-0.39, 0.29) is 0 Å². The van der Waals surface area contributed by atoms with Gasteiger partial charge in [-0.1, -0.05) is 17.7 Å². The molecule has 0 atom stereocenters. The largest absolute Gasteiger partial charge is 0.497 e. The minimum absolute atomic E-state index is 0.333. The Hall–Kier alpha value is -1.78. The maximum absolute atomic E-state index is 6.14. The zero-order valence-corrected chi connectivity index (χ0v) is 12.3. The van der Waals surface area contributed by atoms with Crippen LogP contribution in [0.5, 0.6) is 11.5 Å². The van der Waals surface area contributed by atoms with E-state index in [0.29, 0.717) is 23.9 Å². The normalized spacial score (nSPS) is 10.4. The predicted octanol–water partition coefficient (Wildman–Crippen LogP) is 3.09. The average molecular weight is 293 g/mol. The van der Waals surface area contributed by atoms with E-state index in [1.807, 2.05) is 31.2 Å². The number of pyridine rings is 1. The summed E-state index contributed by atoms with van der Waals surface area (Å²) in [5.74, 6) is 1.38. The van der Waals surface area contributed by atoms with Crippen LogP contribution in [0.4, 0.5) is 0 Å². The molecular weight excluding hydrogens is 276 g/mol. The van der Waals surface area contributed by atoms with Gasteiger partial charge in [0.2, 0.25) is 0 Å². The van der Waals surface area contributed by atoms with E-state index in [9.17, 15) is 0 Å². The van der Waals surface area contributed by atoms with Crippen molar-refractivity contribution < 1.29 is 9.47 Å². The fourth-order valence-electron chi connectivity index (χ4n) is 1.83. The predicted molar refractivity (Wildman–Crippen MR) is 79.2 cm³/mol. The Morgan fingerprint density at radius 1 is 1.25 bits per heavy atom. The number of aromatic nitrogens is 1. The van der Waals surface area contributed by atoms with Crippen molar-refractivity contribution in [3.63, 3.8) is 0 Å². The maximum Gasteiger partial charge on any atom is 0.138 e. The molecule has 0 saturated carbocycles. The second-order valence-corrected chi connectivity index (χ2v) is 4.80. The van der Waals surface area contributed by atoms with Gasteiger partial charge in [0.25, 0.3) is 0 Å². The second-order valence-electron chi connectivity index (χ2n) is 4.40. The molecule has 1 heterocycles. The fraction of sp³-hybridized carbons (Fsp3) is 0.267. The van der Waals surface area contributed by atoms with Crippen molar-refractivity contribution in [1.82, 2.24) is 4.98 Å². The maximum atomic E-state index is 6.14. The first-order valence-corrected chi connectivity index (χ1v) is 6.63. The van der Waals surface area contributed by atoms with E-state index >= 15 is 0 Å². The minimum atomic E-state index is 0.333. The highest BCUT2D eigenvalue weighted by atomic mass is 35.5. The number of nitrogens with two attached hydrogens (primary N) is 1. The van der Waals surface area contributed by atoms with E-state index in [0.717, 1.165) is 22.7 Å². The summed E-state index contributed by atoms with van der Waals surface area (Å²) in [5, 5.41) is 0.549. The molecule has 0 aliphatic carbocycles. The van der Waals surface area contributed by atoms with Crippen molar-refractivity contribution in [2.45, 2.75) is 20.1 Å². The lowest BCUT2D eigenvalue weighted by Gasteiger charge is -2.10. The van der Waals surface area contributed by atoms with Gasteiger partial charge >= 0.3 is 0 Å². The third kappa shape index (κ3) is 3.62. The van der Waals surface area contributed by atoms with Crippen molar-refractivity contribution >= 4 is 11.6 Å². The number of nitrogens with zero attached hydrogens (tertiary/aromatic N) is 1. The van der Waals surface area contributed by atoms with Crippen molar-refractivity contribution in [1.29, 1.82) is 0 Å². The highest BCUT2D eigenvalue weighted by Gasteiger charge is 2.05. The Labute approximate surface area is 123 Å². The molecule has 0 unspecified atom stereocenters. The van der Waals surface area contributed by atoms with Gasteiger partial charge in [-0.3, -0.25) is 4.98 Å². The number of ether oxygens (including phenoxy) is 2. The molecule has 5 heteroatoms. The van der Waals surface area contributed by atoms with Crippen LogP contribution < -0.4 is 15.2 Å². The highest BCUT2D eigenvalue weighted by molar-refractivity contribution is 6.32. The van der Waals surface area contributed by atoms with Crippen LogP contribution in [0.15, 0.2) is 30.3 Å². The molecule has 20 heavy (non-hydrogen) atoms. The van der Waals surface area contributed by atoms with E-state index in [1.54, 1.807) is 13.2 Å². The van der Waals surface area contributed by atoms with Gasteiger partial charge in [-0.15, -0.1) is 0 Å². The van der Waals surface area contributed by atoms with E-state index in [1.165, 1.54) is 0 Å². The first kappa shape index (κ1) is 14.6. The van der Waals surface area contributed by atoms with Gasteiger partial charge in [-0.05, 0) is 24.6 Å². The fourth-order valence-corrected chi connectivity index (χ4v) is 2.09. The molecule has 0 saturated heterocycles. The summed E-state index contributed by atoms with van der Waals surface area (Å²) in [5.41, 5.74) is 8.20. The van der Waals surface area contributed by atoms with E-state index in [4.69, 9.17) is 26.8 Å². The Kier molecular flexibility index (Phi) is 4.82. The lowest BCUT2D eigenvalue weighted by molar-refractivity contribution is 0.300. The Bertz CT molecular complexity index is 602. The number of hydrogen-bond donors (Lipinski definition) is 1. The van der Waals surface area contributed by atoms with Crippen LogP contribution in [0, 0.1) is 6.92 Å². The molecule has 0 aliphatic rings. The topological polar surface area (TPSA) is 57.4 Å². The monoisotopic (exact) mass is 292 g/mol. The van der Waals surface area contributed by atoms with Crippen LogP contribution in [0.3, 0.4) is 0 Å². The molecule has 0 bridgehead atoms.